The number of nitriles is 1. The van der Waals surface area contributed by atoms with Gasteiger partial charge in [-0.1, -0.05) is 6.07 Å². The van der Waals surface area contributed by atoms with Gasteiger partial charge in [0.1, 0.15) is 0 Å². The molecule has 0 spiro atoms. The number of carbonyl (C=O) groups excluding carboxylic acids is 1. The summed E-state index contributed by atoms with van der Waals surface area (Å²) < 4.78 is 37.9. The largest absolute Gasteiger partial charge is 0.416 e. The molecule has 0 aliphatic heterocycles. The van der Waals surface area contributed by atoms with E-state index in [1.165, 1.54) is 17.0 Å². The third-order valence-corrected chi connectivity index (χ3v) is 2.79. The highest BCUT2D eigenvalue weighted by Crippen LogP contribution is 2.29. The standard InChI is InChI=1S/C14H15F3N2O/c1-10(2)19(8-4-7-18)13(20)11-5-3-6-12(9-11)14(15,16)17/h3,5-6,9-10H,4,8H2,1-2H3. The minimum Gasteiger partial charge on any atom is -0.335 e. The van der Waals surface area contributed by atoms with Crippen LogP contribution in [0, 0.1) is 11.3 Å². The highest BCUT2D eigenvalue weighted by Gasteiger charge is 2.31. The number of amides is 1. The lowest BCUT2D eigenvalue weighted by Gasteiger charge is -2.26. The summed E-state index contributed by atoms with van der Waals surface area (Å²) in [6, 6.07) is 6.05. The Kier molecular flexibility index (Phi) is 5.14. The average molecular weight is 284 g/mol. The first kappa shape index (κ1) is 16.0. The number of benzene rings is 1. The number of nitrogens with zero attached hydrogens (tertiary/aromatic N) is 2. The number of hydrogen-bond donors (Lipinski definition) is 0. The molecule has 0 saturated carbocycles. The fraction of sp³-hybridized carbons (Fsp3) is 0.429. The molecule has 0 bridgehead atoms. The van der Waals surface area contributed by atoms with Crippen LogP contribution in [0.15, 0.2) is 24.3 Å². The van der Waals surface area contributed by atoms with Gasteiger partial charge >= 0.3 is 6.18 Å². The van der Waals surface area contributed by atoms with Crippen molar-refractivity contribution in [3.05, 3.63) is 35.4 Å². The number of rotatable bonds is 4. The summed E-state index contributed by atoms with van der Waals surface area (Å²) >= 11 is 0. The normalized spacial score (nSPS) is 11.2. The van der Waals surface area contributed by atoms with E-state index < -0.39 is 17.6 Å². The van der Waals surface area contributed by atoms with Crippen molar-refractivity contribution in [2.45, 2.75) is 32.5 Å². The Morgan fingerprint density at radius 1 is 1.40 bits per heavy atom. The van der Waals surface area contributed by atoms with E-state index in [1.807, 2.05) is 6.07 Å². The zero-order valence-corrected chi connectivity index (χ0v) is 11.2. The third-order valence-electron chi connectivity index (χ3n) is 2.79. The molecule has 0 atom stereocenters. The minimum atomic E-state index is -4.48. The molecule has 0 heterocycles. The quantitative estimate of drug-likeness (QED) is 0.849. The molecular weight excluding hydrogens is 269 g/mol. The van der Waals surface area contributed by atoms with E-state index in [0.717, 1.165) is 12.1 Å². The van der Waals surface area contributed by atoms with Gasteiger partial charge in [0.05, 0.1) is 18.1 Å². The Morgan fingerprint density at radius 3 is 2.55 bits per heavy atom. The summed E-state index contributed by atoms with van der Waals surface area (Å²) in [7, 11) is 0. The van der Waals surface area contributed by atoms with Gasteiger partial charge < -0.3 is 4.90 Å². The highest BCUT2D eigenvalue weighted by molar-refractivity contribution is 5.94. The van der Waals surface area contributed by atoms with Crippen molar-refractivity contribution in [3.8, 4) is 6.07 Å². The maximum absolute atomic E-state index is 12.6. The van der Waals surface area contributed by atoms with Crippen molar-refractivity contribution >= 4 is 5.91 Å². The zero-order chi connectivity index (χ0) is 15.3. The molecule has 1 aromatic carbocycles. The van der Waals surface area contributed by atoms with E-state index in [0.29, 0.717) is 0 Å². The Bertz CT molecular complexity index is 518. The summed E-state index contributed by atoms with van der Waals surface area (Å²) in [6.45, 7) is 3.70. The minimum absolute atomic E-state index is 0.0218. The molecule has 0 saturated heterocycles. The first-order chi connectivity index (χ1) is 9.27. The molecule has 0 aliphatic carbocycles. The first-order valence-electron chi connectivity index (χ1n) is 6.12. The number of alkyl halides is 3. The van der Waals surface area contributed by atoms with E-state index in [9.17, 15) is 18.0 Å². The molecule has 1 amide bonds. The molecule has 0 N–H and O–H groups in total. The molecular formula is C14H15F3N2O. The lowest BCUT2D eigenvalue weighted by atomic mass is 10.1. The van der Waals surface area contributed by atoms with Gasteiger partial charge in [0.15, 0.2) is 0 Å². The van der Waals surface area contributed by atoms with E-state index in [1.54, 1.807) is 13.8 Å². The molecule has 0 aromatic heterocycles. The van der Waals surface area contributed by atoms with Crippen molar-refractivity contribution in [1.29, 1.82) is 5.26 Å². The summed E-state index contributed by atoms with van der Waals surface area (Å²) in [4.78, 5) is 13.6. The molecule has 0 aliphatic rings. The van der Waals surface area contributed by atoms with Gasteiger partial charge in [0, 0.05) is 18.2 Å². The monoisotopic (exact) mass is 284 g/mol. The van der Waals surface area contributed by atoms with E-state index in [2.05, 4.69) is 0 Å². The van der Waals surface area contributed by atoms with Gasteiger partial charge in [-0.05, 0) is 32.0 Å². The van der Waals surface area contributed by atoms with E-state index >= 15 is 0 Å². The average Bonchev–Trinajstić information content (AvgIpc) is 2.37. The van der Waals surface area contributed by atoms with Crippen LogP contribution in [0.25, 0.3) is 0 Å². The Labute approximate surface area is 115 Å². The van der Waals surface area contributed by atoms with Crippen molar-refractivity contribution < 1.29 is 18.0 Å². The molecule has 0 unspecified atom stereocenters. The first-order valence-corrected chi connectivity index (χ1v) is 6.12. The molecule has 3 nitrogen and oxygen atoms in total. The van der Waals surface area contributed by atoms with Crippen molar-refractivity contribution in [1.82, 2.24) is 4.90 Å². The van der Waals surface area contributed by atoms with Crippen LogP contribution < -0.4 is 0 Å². The van der Waals surface area contributed by atoms with Gasteiger partial charge in [0.2, 0.25) is 0 Å². The number of hydrogen-bond acceptors (Lipinski definition) is 2. The Hall–Kier alpha value is -2.03. The van der Waals surface area contributed by atoms with Crippen LogP contribution in [-0.2, 0) is 6.18 Å². The number of halogens is 3. The fourth-order valence-corrected chi connectivity index (χ4v) is 1.76. The van der Waals surface area contributed by atoms with Crippen molar-refractivity contribution in [3.63, 3.8) is 0 Å². The highest BCUT2D eigenvalue weighted by atomic mass is 19.4. The predicted octanol–water partition coefficient (Wildman–Crippen LogP) is 3.47. The predicted molar refractivity (Wildman–Crippen MR) is 67.8 cm³/mol. The molecule has 0 radical (unpaired) electrons. The molecule has 20 heavy (non-hydrogen) atoms. The van der Waals surface area contributed by atoms with Crippen LogP contribution in [0.3, 0.4) is 0 Å². The fourth-order valence-electron chi connectivity index (χ4n) is 1.76. The van der Waals surface area contributed by atoms with Crippen LogP contribution in [0.4, 0.5) is 13.2 Å². The second kappa shape index (κ2) is 6.42. The smallest absolute Gasteiger partial charge is 0.335 e. The van der Waals surface area contributed by atoms with Crippen LogP contribution in [0.1, 0.15) is 36.2 Å². The van der Waals surface area contributed by atoms with E-state index in [-0.39, 0.29) is 24.6 Å². The lowest BCUT2D eigenvalue weighted by molar-refractivity contribution is -0.137. The van der Waals surface area contributed by atoms with Gasteiger partial charge in [-0.25, -0.2) is 0 Å². The SMILES string of the molecule is CC(C)N(CCC#N)C(=O)c1cccc(C(F)(F)F)c1. The van der Waals surface area contributed by atoms with Gasteiger partial charge in [0.25, 0.3) is 5.91 Å². The van der Waals surface area contributed by atoms with Gasteiger partial charge in [-0.2, -0.15) is 18.4 Å². The molecule has 0 fully saturated rings. The molecule has 108 valence electrons. The molecule has 6 heteroatoms. The van der Waals surface area contributed by atoms with Crippen LogP contribution >= 0.6 is 0 Å². The topological polar surface area (TPSA) is 44.1 Å². The van der Waals surface area contributed by atoms with Crippen molar-refractivity contribution in [2.75, 3.05) is 6.54 Å². The lowest BCUT2D eigenvalue weighted by Crippen LogP contribution is -2.37. The molecule has 1 rings (SSSR count). The zero-order valence-electron chi connectivity index (χ0n) is 11.2. The van der Waals surface area contributed by atoms with E-state index in [4.69, 9.17) is 5.26 Å². The maximum Gasteiger partial charge on any atom is 0.416 e. The van der Waals surface area contributed by atoms with Gasteiger partial charge in [-0.3, -0.25) is 4.79 Å². The summed E-state index contributed by atoms with van der Waals surface area (Å²) in [5.41, 5.74) is -0.876. The number of carbonyl (C=O) groups is 1. The Morgan fingerprint density at radius 2 is 2.05 bits per heavy atom. The Balaban J connectivity index is 3.04. The third kappa shape index (κ3) is 3.98. The summed E-state index contributed by atoms with van der Waals surface area (Å²) in [6.07, 6.45) is -4.34. The van der Waals surface area contributed by atoms with Crippen LogP contribution in [0.2, 0.25) is 0 Å². The molecule has 1 aromatic rings. The van der Waals surface area contributed by atoms with Crippen LogP contribution in [0.5, 0.6) is 0 Å². The van der Waals surface area contributed by atoms with Crippen LogP contribution in [-0.4, -0.2) is 23.4 Å². The summed E-state index contributed by atoms with van der Waals surface area (Å²) in [5, 5.41) is 8.56. The maximum atomic E-state index is 12.6. The summed E-state index contributed by atoms with van der Waals surface area (Å²) in [5.74, 6) is -0.499. The van der Waals surface area contributed by atoms with Crippen molar-refractivity contribution in [2.24, 2.45) is 0 Å². The second-order valence-corrected chi connectivity index (χ2v) is 4.58. The second-order valence-electron chi connectivity index (χ2n) is 4.58. The van der Waals surface area contributed by atoms with Gasteiger partial charge in [-0.15, -0.1) is 0 Å².